The van der Waals surface area contributed by atoms with E-state index >= 15 is 0 Å². The second kappa shape index (κ2) is 17.1. The smallest absolute Gasteiger partial charge is 0.162 e. The molecule has 0 atom stereocenters. The molecule has 0 saturated heterocycles. The molecular weight excluding hydrogens is 815 g/mol. The van der Waals surface area contributed by atoms with Crippen LogP contribution in [0.4, 0.5) is 0 Å². The standard InChI is InChI=1S/C62H41N5/c1-7-19-42(20-8-1)48-31-34-51-52-35-32-49(43-21-9-2-10-22-43)39-60(52)67(59(51)38-48)58-36-33-50(57-41-54(44-23-11-3-12-24-44)63-61(64-57)47-29-17-6-18-30-47)37-53(58)62-65-55(45-25-13-4-14-26-45)40-56(66-62)46-27-15-5-16-28-46/h1-41H. The summed E-state index contributed by atoms with van der Waals surface area (Å²) in [5.74, 6) is 1.26. The molecular formula is C62H41N5. The van der Waals surface area contributed by atoms with Crippen molar-refractivity contribution in [1.82, 2.24) is 24.5 Å². The van der Waals surface area contributed by atoms with Crippen molar-refractivity contribution in [3.8, 4) is 95.7 Å². The molecule has 0 aliphatic heterocycles. The summed E-state index contributed by atoms with van der Waals surface area (Å²) in [4.78, 5) is 21.3. The maximum Gasteiger partial charge on any atom is 0.162 e. The van der Waals surface area contributed by atoms with Crippen LogP contribution in [0.5, 0.6) is 0 Å². The lowest BCUT2D eigenvalue weighted by Crippen LogP contribution is -2.03. The number of fused-ring (bicyclic) bond motifs is 3. The highest BCUT2D eigenvalue weighted by atomic mass is 15.0. The first kappa shape index (κ1) is 39.5. The molecule has 9 aromatic carbocycles. The predicted octanol–water partition coefficient (Wildman–Crippen LogP) is 15.7. The average molecular weight is 856 g/mol. The summed E-state index contributed by atoms with van der Waals surface area (Å²) < 4.78 is 2.41. The summed E-state index contributed by atoms with van der Waals surface area (Å²) in [6.45, 7) is 0. The molecule has 12 rings (SSSR count). The van der Waals surface area contributed by atoms with Gasteiger partial charge in [-0.1, -0.05) is 212 Å². The van der Waals surface area contributed by atoms with Crippen molar-refractivity contribution in [3.05, 3.63) is 249 Å². The molecule has 0 N–H and O–H groups in total. The van der Waals surface area contributed by atoms with E-state index in [-0.39, 0.29) is 0 Å². The highest BCUT2D eigenvalue weighted by Gasteiger charge is 2.22. The van der Waals surface area contributed by atoms with Gasteiger partial charge in [-0.05, 0) is 58.7 Å². The van der Waals surface area contributed by atoms with Crippen LogP contribution >= 0.6 is 0 Å². The maximum absolute atomic E-state index is 5.47. The van der Waals surface area contributed by atoms with Gasteiger partial charge < -0.3 is 4.57 Å². The lowest BCUT2D eigenvalue weighted by atomic mass is 10.0. The van der Waals surface area contributed by atoms with Crippen LogP contribution in [0.3, 0.4) is 0 Å². The Balaban J connectivity index is 1.17. The molecule has 5 heteroatoms. The summed E-state index contributed by atoms with van der Waals surface area (Å²) in [6, 6.07) is 86.9. The molecule has 0 fully saturated rings. The minimum absolute atomic E-state index is 0.603. The molecule has 0 radical (unpaired) electrons. The second-order valence-corrected chi connectivity index (χ2v) is 16.7. The van der Waals surface area contributed by atoms with Gasteiger partial charge in [0.1, 0.15) is 0 Å². The molecule has 5 nitrogen and oxygen atoms in total. The topological polar surface area (TPSA) is 56.5 Å². The quantitative estimate of drug-likeness (QED) is 0.145. The number of hydrogen-bond donors (Lipinski definition) is 0. The molecule has 12 aromatic rings. The molecule has 0 bridgehead atoms. The van der Waals surface area contributed by atoms with E-state index < -0.39 is 0 Å². The Hall–Kier alpha value is -9.06. The molecule has 0 aliphatic rings. The molecule has 0 spiro atoms. The van der Waals surface area contributed by atoms with Crippen LogP contribution in [0.25, 0.3) is 118 Å². The summed E-state index contributed by atoms with van der Waals surface area (Å²) >= 11 is 0. The number of benzene rings is 9. The summed E-state index contributed by atoms with van der Waals surface area (Å²) in [7, 11) is 0. The SMILES string of the molecule is c1ccc(-c2ccc3c4ccc(-c5ccccc5)cc4n(-c4ccc(-c5cc(-c6ccccc6)nc(-c6ccccc6)n5)cc4-c4nc(-c5ccccc5)cc(-c5ccccc5)n4)c3c2)cc1. The first-order chi connectivity index (χ1) is 33.2. The van der Waals surface area contributed by atoms with E-state index in [0.29, 0.717) is 11.6 Å². The maximum atomic E-state index is 5.47. The molecule has 314 valence electrons. The van der Waals surface area contributed by atoms with E-state index in [1.807, 2.05) is 48.5 Å². The summed E-state index contributed by atoms with van der Waals surface area (Å²) in [5.41, 5.74) is 16.7. The van der Waals surface area contributed by atoms with E-state index in [2.05, 4.69) is 205 Å². The van der Waals surface area contributed by atoms with Crippen LogP contribution in [0.1, 0.15) is 0 Å². The van der Waals surface area contributed by atoms with Gasteiger partial charge in [0, 0.05) is 44.2 Å². The van der Waals surface area contributed by atoms with Gasteiger partial charge in [-0.25, -0.2) is 19.9 Å². The fourth-order valence-electron chi connectivity index (χ4n) is 9.12. The Bertz CT molecular complexity index is 3490. The number of nitrogens with zero attached hydrogens (tertiary/aromatic N) is 5. The summed E-state index contributed by atoms with van der Waals surface area (Å²) in [6.07, 6.45) is 0. The van der Waals surface area contributed by atoms with Crippen LogP contribution in [0.15, 0.2) is 249 Å². The molecule has 3 heterocycles. The molecule has 67 heavy (non-hydrogen) atoms. The summed E-state index contributed by atoms with van der Waals surface area (Å²) in [5, 5.41) is 2.31. The van der Waals surface area contributed by atoms with Gasteiger partial charge in [-0.2, -0.15) is 0 Å². The third-order valence-electron chi connectivity index (χ3n) is 12.4. The zero-order chi connectivity index (χ0) is 44.5. The van der Waals surface area contributed by atoms with Crippen molar-refractivity contribution in [2.45, 2.75) is 0 Å². The number of aromatic nitrogens is 5. The lowest BCUT2D eigenvalue weighted by Gasteiger charge is -2.17. The van der Waals surface area contributed by atoms with Crippen molar-refractivity contribution >= 4 is 21.8 Å². The molecule has 0 saturated carbocycles. The van der Waals surface area contributed by atoms with E-state index in [4.69, 9.17) is 19.9 Å². The van der Waals surface area contributed by atoms with Crippen LogP contribution in [0, 0.1) is 0 Å². The zero-order valence-electron chi connectivity index (χ0n) is 36.4. The fourth-order valence-corrected chi connectivity index (χ4v) is 9.12. The minimum Gasteiger partial charge on any atom is -0.308 e. The van der Waals surface area contributed by atoms with Gasteiger partial charge in [-0.15, -0.1) is 0 Å². The monoisotopic (exact) mass is 855 g/mol. The normalized spacial score (nSPS) is 11.3. The third kappa shape index (κ3) is 7.64. The van der Waals surface area contributed by atoms with Gasteiger partial charge in [0.25, 0.3) is 0 Å². The van der Waals surface area contributed by atoms with Crippen LogP contribution in [-0.2, 0) is 0 Å². The van der Waals surface area contributed by atoms with E-state index in [9.17, 15) is 0 Å². The Labute approximate surface area is 389 Å². The Morgan fingerprint density at radius 3 is 1.00 bits per heavy atom. The average Bonchev–Trinajstić information content (AvgIpc) is 3.74. The highest BCUT2D eigenvalue weighted by Crippen LogP contribution is 2.41. The van der Waals surface area contributed by atoms with E-state index in [1.54, 1.807) is 0 Å². The Morgan fingerprint density at radius 1 is 0.239 bits per heavy atom. The Kier molecular flexibility index (Phi) is 10.1. The highest BCUT2D eigenvalue weighted by molar-refractivity contribution is 6.11. The zero-order valence-corrected chi connectivity index (χ0v) is 36.4. The van der Waals surface area contributed by atoms with Gasteiger partial charge in [-0.3, -0.25) is 0 Å². The number of hydrogen-bond acceptors (Lipinski definition) is 4. The first-order valence-electron chi connectivity index (χ1n) is 22.5. The molecule has 0 amide bonds. The van der Waals surface area contributed by atoms with Gasteiger partial charge >= 0.3 is 0 Å². The third-order valence-corrected chi connectivity index (χ3v) is 12.4. The predicted molar refractivity (Wildman–Crippen MR) is 275 cm³/mol. The van der Waals surface area contributed by atoms with Gasteiger partial charge in [0.05, 0.1) is 39.5 Å². The van der Waals surface area contributed by atoms with Crippen molar-refractivity contribution in [1.29, 1.82) is 0 Å². The minimum atomic E-state index is 0.603. The number of rotatable bonds is 9. The van der Waals surface area contributed by atoms with Crippen molar-refractivity contribution in [2.24, 2.45) is 0 Å². The second-order valence-electron chi connectivity index (χ2n) is 16.7. The van der Waals surface area contributed by atoms with Crippen LogP contribution in [0.2, 0.25) is 0 Å². The van der Waals surface area contributed by atoms with E-state index in [1.165, 1.54) is 0 Å². The van der Waals surface area contributed by atoms with Crippen LogP contribution in [-0.4, -0.2) is 24.5 Å². The largest absolute Gasteiger partial charge is 0.308 e. The van der Waals surface area contributed by atoms with Gasteiger partial charge in [0.2, 0.25) is 0 Å². The van der Waals surface area contributed by atoms with Crippen molar-refractivity contribution < 1.29 is 0 Å². The van der Waals surface area contributed by atoms with Crippen molar-refractivity contribution in [2.75, 3.05) is 0 Å². The molecule has 0 unspecified atom stereocenters. The lowest BCUT2D eigenvalue weighted by molar-refractivity contribution is 1.13. The molecule has 0 aliphatic carbocycles. The Morgan fingerprint density at radius 2 is 0.582 bits per heavy atom. The van der Waals surface area contributed by atoms with Crippen LogP contribution < -0.4 is 0 Å². The van der Waals surface area contributed by atoms with E-state index in [0.717, 1.165) is 106 Å². The fraction of sp³-hybridized carbons (Fsp3) is 0. The molecule has 3 aromatic heterocycles. The van der Waals surface area contributed by atoms with Gasteiger partial charge in [0.15, 0.2) is 11.6 Å². The first-order valence-corrected chi connectivity index (χ1v) is 22.5. The van der Waals surface area contributed by atoms with Crippen molar-refractivity contribution in [3.63, 3.8) is 0 Å².